The van der Waals surface area contributed by atoms with Crippen molar-refractivity contribution in [2.24, 2.45) is 5.73 Å². The van der Waals surface area contributed by atoms with Crippen LogP contribution in [0.25, 0.3) is 10.9 Å². The van der Waals surface area contributed by atoms with Crippen LogP contribution < -0.4 is 5.73 Å². The Morgan fingerprint density at radius 3 is 2.94 bits per heavy atom. The Hall–Kier alpha value is -1.81. The number of rotatable bonds is 3. The Bertz CT molecular complexity index is 628. The number of carboxylic acid groups (broad SMARTS) is 1. The summed E-state index contributed by atoms with van der Waals surface area (Å²) < 4.78 is 2.11. The quantitative estimate of drug-likeness (QED) is 0.864. The number of carbonyl (C=O) groups is 1. The largest absolute Gasteiger partial charge is 0.478 e. The van der Waals surface area contributed by atoms with Crippen LogP contribution in [0, 0.1) is 0 Å². The Morgan fingerprint density at radius 2 is 2.22 bits per heavy atom. The van der Waals surface area contributed by atoms with Crippen molar-refractivity contribution in [2.75, 3.05) is 6.54 Å². The lowest BCUT2D eigenvalue weighted by Crippen LogP contribution is -2.13. The van der Waals surface area contributed by atoms with E-state index in [9.17, 15) is 9.90 Å². The van der Waals surface area contributed by atoms with E-state index in [4.69, 9.17) is 5.73 Å². The van der Waals surface area contributed by atoms with Gasteiger partial charge in [-0.05, 0) is 30.9 Å². The SMILES string of the molecule is NCCn1c2c(c3cccc(C(=O)O)c31)CCC2. The fourth-order valence-electron chi connectivity index (χ4n) is 3.08. The average molecular weight is 244 g/mol. The van der Waals surface area contributed by atoms with E-state index in [0.717, 1.165) is 30.2 Å². The van der Waals surface area contributed by atoms with Crippen LogP contribution in [-0.4, -0.2) is 22.2 Å². The molecule has 0 aliphatic heterocycles. The van der Waals surface area contributed by atoms with Crippen molar-refractivity contribution in [2.45, 2.75) is 25.8 Å². The maximum Gasteiger partial charge on any atom is 0.337 e. The summed E-state index contributed by atoms with van der Waals surface area (Å²) in [5, 5.41) is 10.4. The number of para-hydroxylation sites is 1. The molecule has 1 aliphatic carbocycles. The van der Waals surface area contributed by atoms with Gasteiger partial charge in [-0.3, -0.25) is 0 Å². The van der Waals surface area contributed by atoms with Crippen LogP contribution in [0.1, 0.15) is 28.0 Å². The second kappa shape index (κ2) is 4.14. The zero-order valence-corrected chi connectivity index (χ0v) is 10.1. The fraction of sp³-hybridized carbons (Fsp3) is 0.357. The van der Waals surface area contributed by atoms with E-state index >= 15 is 0 Å². The Balaban J connectivity index is 2.37. The van der Waals surface area contributed by atoms with Gasteiger partial charge in [0, 0.05) is 24.2 Å². The molecule has 0 fully saturated rings. The van der Waals surface area contributed by atoms with Gasteiger partial charge in [-0.25, -0.2) is 4.79 Å². The molecule has 1 heterocycles. The number of nitrogens with zero attached hydrogens (tertiary/aromatic N) is 1. The van der Waals surface area contributed by atoms with E-state index in [1.165, 1.54) is 11.3 Å². The van der Waals surface area contributed by atoms with Gasteiger partial charge in [-0.2, -0.15) is 0 Å². The van der Waals surface area contributed by atoms with Gasteiger partial charge in [0.1, 0.15) is 0 Å². The van der Waals surface area contributed by atoms with Gasteiger partial charge in [0.05, 0.1) is 11.1 Å². The molecule has 4 nitrogen and oxygen atoms in total. The standard InChI is InChI=1S/C14H16N2O2/c15-7-8-16-12-6-2-3-9(12)10-4-1-5-11(13(10)16)14(17)18/h1,4-5H,2-3,6-8,15H2,(H,17,18). The first kappa shape index (κ1) is 11.3. The Labute approximate surface area is 105 Å². The molecule has 0 radical (unpaired) electrons. The van der Waals surface area contributed by atoms with Crippen molar-refractivity contribution in [3.8, 4) is 0 Å². The third kappa shape index (κ3) is 1.46. The van der Waals surface area contributed by atoms with Gasteiger partial charge in [-0.15, -0.1) is 0 Å². The molecule has 0 spiro atoms. The summed E-state index contributed by atoms with van der Waals surface area (Å²) in [5.74, 6) is -0.866. The predicted octanol–water partition coefficient (Wildman–Crippen LogP) is 1.79. The lowest BCUT2D eigenvalue weighted by Gasteiger charge is -2.09. The van der Waals surface area contributed by atoms with Gasteiger partial charge in [0.2, 0.25) is 0 Å². The van der Waals surface area contributed by atoms with Crippen LogP contribution in [0.3, 0.4) is 0 Å². The number of nitrogens with two attached hydrogens (primary N) is 1. The molecule has 0 amide bonds. The molecule has 1 aromatic heterocycles. The third-order valence-corrected chi connectivity index (χ3v) is 3.73. The van der Waals surface area contributed by atoms with Crippen molar-refractivity contribution in [1.82, 2.24) is 4.57 Å². The summed E-state index contributed by atoms with van der Waals surface area (Å²) in [5.41, 5.74) is 9.50. The number of aromatic carboxylic acids is 1. The molecule has 18 heavy (non-hydrogen) atoms. The number of hydrogen-bond acceptors (Lipinski definition) is 2. The van der Waals surface area contributed by atoms with Crippen molar-refractivity contribution in [3.63, 3.8) is 0 Å². The van der Waals surface area contributed by atoms with Gasteiger partial charge in [0.15, 0.2) is 0 Å². The highest BCUT2D eigenvalue weighted by molar-refractivity contribution is 6.04. The molecular weight excluding hydrogens is 228 g/mol. The molecule has 3 rings (SSSR count). The first-order valence-corrected chi connectivity index (χ1v) is 6.30. The first-order chi connectivity index (χ1) is 8.74. The zero-order valence-electron chi connectivity index (χ0n) is 10.1. The number of aryl methyl sites for hydroxylation is 1. The molecule has 4 heteroatoms. The molecule has 0 saturated heterocycles. The minimum Gasteiger partial charge on any atom is -0.478 e. The van der Waals surface area contributed by atoms with Crippen LogP contribution in [-0.2, 0) is 19.4 Å². The number of carboxylic acids is 1. The maximum atomic E-state index is 11.4. The highest BCUT2D eigenvalue weighted by Crippen LogP contribution is 2.34. The smallest absolute Gasteiger partial charge is 0.337 e. The molecule has 1 aromatic carbocycles. The van der Waals surface area contributed by atoms with E-state index in [1.54, 1.807) is 6.07 Å². The lowest BCUT2D eigenvalue weighted by molar-refractivity contribution is 0.0698. The van der Waals surface area contributed by atoms with Crippen LogP contribution >= 0.6 is 0 Å². The minimum absolute atomic E-state index is 0.385. The molecular formula is C14H16N2O2. The first-order valence-electron chi connectivity index (χ1n) is 6.30. The van der Waals surface area contributed by atoms with Crippen molar-refractivity contribution in [3.05, 3.63) is 35.0 Å². The van der Waals surface area contributed by atoms with Crippen LogP contribution in [0.4, 0.5) is 0 Å². The van der Waals surface area contributed by atoms with Crippen LogP contribution in [0.5, 0.6) is 0 Å². The molecule has 2 aromatic rings. The Morgan fingerprint density at radius 1 is 1.39 bits per heavy atom. The average Bonchev–Trinajstić information content (AvgIpc) is 2.92. The number of benzene rings is 1. The van der Waals surface area contributed by atoms with Crippen molar-refractivity contribution < 1.29 is 9.90 Å². The predicted molar refractivity (Wildman–Crippen MR) is 70.0 cm³/mol. The highest BCUT2D eigenvalue weighted by Gasteiger charge is 2.24. The molecule has 0 bridgehead atoms. The van der Waals surface area contributed by atoms with E-state index < -0.39 is 5.97 Å². The summed E-state index contributed by atoms with van der Waals surface area (Å²) in [7, 11) is 0. The van der Waals surface area contributed by atoms with E-state index in [2.05, 4.69) is 4.57 Å². The molecule has 0 saturated carbocycles. The summed E-state index contributed by atoms with van der Waals surface area (Å²) in [6.45, 7) is 1.22. The topological polar surface area (TPSA) is 68.2 Å². The molecule has 94 valence electrons. The van der Waals surface area contributed by atoms with Gasteiger partial charge >= 0.3 is 5.97 Å². The summed E-state index contributed by atoms with van der Waals surface area (Å²) in [6, 6.07) is 5.53. The number of aromatic nitrogens is 1. The van der Waals surface area contributed by atoms with Crippen LogP contribution in [0.2, 0.25) is 0 Å². The third-order valence-electron chi connectivity index (χ3n) is 3.73. The Kier molecular flexibility index (Phi) is 2.59. The monoisotopic (exact) mass is 244 g/mol. The normalized spacial score (nSPS) is 14.1. The molecule has 1 aliphatic rings. The maximum absolute atomic E-state index is 11.4. The van der Waals surface area contributed by atoms with E-state index in [0.29, 0.717) is 18.7 Å². The lowest BCUT2D eigenvalue weighted by atomic mass is 10.1. The van der Waals surface area contributed by atoms with E-state index in [-0.39, 0.29) is 0 Å². The van der Waals surface area contributed by atoms with Gasteiger partial charge in [0.25, 0.3) is 0 Å². The number of fused-ring (bicyclic) bond motifs is 3. The molecule has 0 unspecified atom stereocenters. The molecule has 3 N–H and O–H groups in total. The second-order valence-corrected chi connectivity index (χ2v) is 4.73. The minimum atomic E-state index is -0.866. The molecule has 0 atom stereocenters. The van der Waals surface area contributed by atoms with Gasteiger partial charge in [-0.1, -0.05) is 12.1 Å². The highest BCUT2D eigenvalue weighted by atomic mass is 16.4. The number of hydrogen-bond donors (Lipinski definition) is 2. The van der Waals surface area contributed by atoms with E-state index in [1.807, 2.05) is 12.1 Å². The zero-order chi connectivity index (χ0) is 12.7. The second-order valence-electron chi connectivity index (χ2n) is 4.73. The summed E-state index contributed by atoms with van der Waals surface area (Å²) in [4.78, 5) is 11.4. The van der Waals surface area contributed by atoms with Crippen molar-refractivity contribution >= 4 is 16.9 Å². The summed E-state index contributed by atoms with van der Waals surface area (Å²) >= 11 is 0. The summed E-state index contributed by atoms with van der Waals surface area (Å²) in [6.07, 6.45) is 3.23. The van der Waals surface area contributed by atoms with Crippen LogP contribution in [0.15, 0.2) is 18.2 Å². The fourth-order valence-corrected chi connectivity index (χ4v) is 3.08. The van der Waals surface area contributed by atoms with Crippen molar-refractivity contribution in [1.29, 1.82) is 0 Å². The van der Waals surface area contributed by atoms with Gasteiger partial charge < -0.3 is 15.4 Å².